The summed E-state index contributed by atoms with van der Waals surface area (Å²) < 4.78 is 37.7. The molecular weight excluding hydrogens is 405 g/mol. The largest absolute Gasteiger partial charge is 0.368 e. The van der Waals surface area contributed by atoms with Crippen molar-refractivity contribution in [1.29, 1.82) is 0 Å². The van der Waals surface area contributed by atoms with Crippen LogP contribution < -0.4 is 9.21 Å². The summed E-state index contributed by atoms with van der Waals surface area (Å²) in [6.07, 6.45) is 1.10. The molecule has 0 saturated carbocycles. The molecule has 0 N–H and O–H groups in total. The second-order valence-corrected chi connectivity index (χ2v) is 9.07. The zero-order valence-electron chi connectivity index (χ0n) is 15.6. The van der Waals surface area contributed by atoms with Crippen LogP contribution in [-0.2, 0) is 10.0 Å². The van der Waals surface area contributed by atoms with Crippen molar-refractivity contribution in [2.24, 2.45) is 0 Å². The first kappa shape index (κ1) is 20.4. The molecule has 1 heterocycles. The molecule has 0 aromatic heterocycles. The lowest BCUT2D eigenvalue weighted by atomic mass is 10.1. The van der Waals surface area contributed by atoms with Gasteiger partial charge < -0.3 is 9.80 Å². The number of hydrogen-bond donors (Lipinski definition) is 0. The second kappa shape index (κ2) is 7.97. The second-order valence-electron chi connectivity index (χ2n) is 6.65. The molecule has 1 aliphatic rings. The predicted octanol–water partition coefficient (Wildman–Crippen LogP) is 2.84. The number of anilines is 2. The number of sulfonamides is 1. The summed E-state index contributed by atoms with van der Waals surface area (Å²) in [5.41, 5.74) is 1.55. The van der Waals surface area contributed by atoms with Gasteiger partial charge in [0.15, 0.2) is 0 Å². The number of hydrogen-bond acceptors (Lipinski definition) is 4. The van der Waals surface area contributed by atoms with Crippen molar-refractivity contribution < 1.29 is 17.6 Å². The Morgan fingerprint density at radius 2 is 1.68 bits per heavy atom. The maximum Gasteiger partial charge on any atom is 0.255 e. The summed E-state index contributed by atoms with van der Waals surface area (Å²) in [5.74, 6) is -0.529. The van der Waals surface area contributed by atoms with Gasteiger partial charge >= 0.3 is 0 Å². The lowest BCUT2D eigenvalue weighted by molar-refractivity contribution is 0.0747. The topological polar surface area (TPSA) is 60.9 Å². The lowest BCUT2D eigenvalue weighted by Crippen LogP contribution is -2.48. The third-order valence-electron chi connectivity index (χ3n) is 4.80. The van der Waals surface area contributed by atoms with Crippen LogP contribution in [0.3, 0.4) is 0 Å². The molecule has 150 valence electrons. The highest BCUT2D eigenvalue weighted by molar-refractivity contribution is 7.92. The quantitative estimate of drug-likeness (QED) is 0.755. The van der Waals surface area contributed by atoms with Crippen LogP contribution >= 0.6 is 11.6 Å². The molecule has 3 rings (SSSR count). The van der Waals surface area contributed by atoms with Crippen molar-refractivity contribution in [3.63, 3.8) is 0 Å². The Labute approximate surface area is 169 Å². The van der Waals surface area contributed by atoms with E-state index in [1.54, 1.807) is 23.1 Å². The van der Waals surface area contributed by atoms with Crippen LogP contribution in [0, 0.1) is 5.82 Å². The van der Waals surface area contributed by atoms with Gasteiger partial charge in [-0.15, -0.1) is 0 Å². The number of nitrogens with zero attached hydrogens (tertiary/aromatic N) is 3. The van der Waals surface area contributed by atoms with Crippen LogP contribution in [0.2, 0.25) is 5.02 Å². The van der Waals surface area contributed by atoms with Crippen LogP contribution in [-0.4, -0.2) is 58.7 Å². The first-order valence-corrected chi connectivity index (χ1v) is 10.9. The number of carbonyl (C=O) groups is 1. The van der Waals surface area contributed by atoms with E-state index in [0.29, 0.717) is 31.9 Å². The minimum absolute atomic E-state index is 0.243. The smallest absolute Gasteiger partial charge is 0.255 e. The molecule has 6 nitrogen and oxygen atoms in total. The standard InChI is InChI=1S/C19H21ClFN3O3S/c1-22(28(2,26)27)16-7-8-18(20)17(13-16)19(25)24-11-9-23(10-12-24)15-5-3-14(21)4-6-15/h3-8,13H,9-12H2,1-2H3. The number of benzene rings is 2. The van der Waals surface area contributed by atoms with Gasteiger partial charge in [-0.2, -0.15) is 0 Å². The van der Waals surface area contributed by atoms with E-state index in [1.165, 1.54) is 31.3 Å². The molecule has 1 saturated heterocycles. The van der Waals surface area contributed by atoms with E-state index in [-0.39, 0.29) is 22.3 Å². The Bertz CT molecular complexity index is 974. The van der Waals surface area contributed by atoms with E-state index >= 15 is 0 Å². The van der Waals surface area contributed by atoms with Crippen LogP contribution in [0.25, 0.3) is 0 Å². The minimum Gasteiger partial charge on any atom is -0.368 e. The molecule has 9 heteroatoms. The molecule has 0 aliphatic carbocycles. The Balaban J connectivity index is 1.74. The molecule has 0 radical (unpaired) electrons. The lowest BCUT2D eigenvalue weighted by Gasteiger charge is -2.36. The Morgan fingerprint density at radius 1 is 1.07 bits per heavy atom. The van der Waals surface area contributed by atoms with Gasteiger partial charge in [0.1, 0.15) is 5.82 Å². The molecule has 1 amide bonds. The number of rotatable bonds is 4. The third kappa shape index (κ3) is 4.39. The first-order chi connectivity index (χ1) is 13.2. The van der Waals surface area contributed by atoms with Gasteiger partial charge in [-0.05, 0) is 42.5 Å². The van der Waals surface area contributed by atoms with Crippen LogP contribution in [0.5, 0.6) is 0 Å². The zero-order chi connectivity index (χ0) is 20.5. The average Bonchev–Trinajstić information content (AvgIpc) is 2.67. The molecule has 28 heavy (non-hydrogen) atoms. The molecule has 1 fully saturated rings. The molecular formula is C19H21ClFN3O3S. The Hall–Kier alpha value is -2.32. The maximum absolute atomic E-state index is 13.1. The van der Waals surface area contributed by atoms with Gasteiger partial charge in [0.05, 0.1) is 22.5 Å². The SMILES string of the molecule is CN(c1ccc(Cl)c(C(=O)N2CCN(c3ccc(F)cc3)CC2)c1)S(C)(=O)=O. The number of halogens is 2. The molecule has 0 spiro atoms. The summed E-state index contributed by atoms with van der Waals surface area (Å²) in [6, 6.07) is 10.8. The molecule has 0 unspecified atom stereocenters. The summed E-state index contributed by atoms with van der Waals surface area (Å²) in [6.45, 7) is 2.19. The van der Waals surface area contributed by atoms with Crippen molar-refractivity contribution in [2.45, 2.75) is 0 Å². The molecule has 2 aromatic rings. The van der Waals surface area contributed by atoms with Gasteiger partial charge in [0, 0.05) is 38.9 Å². The van der Waals surface area contributed by atoms with Crippen LogP contribution in [0.15, 0.2) is 42.5 Å². The fourth-order valence-electron chi connectivity index (χ4n) is 3.05. The molecule has 0 atom stereocenters. The zero-order valence-corrected chi connectivity index (χ0v) is 17.2. The molecule has 1 aliphatic heterocycles. The molecule has 2 aromatic carbocycles. The first-order valence-electron chi connectivity index (χ1n) is 8.70. The third-order valence-corrected chi connectivity index (χ3v) is 6.34. The van der Waals surface area contributed by atoms with Crippen molar-refractivity contribution in [3.8, 4) is 0 Å². The van der Waals surface area contributed by atoms with Crippen molar-refractivity contribution in [1.82, 2.24) is 4.90 Å². The van der Waals surface area contributed by atoms with E-state index in [1.807, 2.05) is 0 Å². The van der Waals surface area contributed by atoms with E-state index in [2.05, 4.69) is 4.90 Å². The highest BCUT2D eigenvalue weighted by atomic mass is 35.5. The highest BCUT2D eigenvalue weighted by Crippen LogP contribution is 2.26. The van der Waals surface area contributed by atoms with Crippen LogP contribution in [0.1, 0.15) is 10.4 Å². The van der Waals surface area contributed by atoms with Crippen molar-refractivity contribution in [2.75, 3.05) is 48.7 Å². The van der Waals surface area contributed by atoms with E-state index in [4.69, 9.17) is 11.6 Å². The van der Waals surface area contributed by atoms with Crippen molar-refractivity contribution >= 4 is 38.9 Å². The highest BCUT2D eigenvalue weighted by Gasteiger charge is 2.25. The number of carbonyl (C=O) groups excluding carboxylic acids is 1. The van der Waals surface area contributed by atoms with Gasteiger partial charge in [0.2, 0.25) is 10.0 Å². The monoisotopic (exact) mass is 425 g/mol. The van der Waals surface area contributed by atoms with Gasteiger partial charge in [0.25, 0.3) is 5.91 Å². The fraction of sp³-hybridized carbons (Fsp3) is 0.316. The summed E-state index contributed by atoms with van der Waals surface area (Å²) >= 11 is 6.21. The van der Waals surface area contributed by atoms with Gasteiger partial charge in [-0.1, -0.05) is 11.6 Å². The number of amides is 1. The minimum atomic E-state index is -3.45. The summed E-state index contributed by atoms with van der Waals surface area (Å²) in [5, 5.41) is 0.275. The maximum atomic E-state index is 13.1. The molecule has 0 bridgehead atoms. The normalized spacial score (nSPS) is 14.9. The summed E-state index contributed by atoms with van der Waals surface area (Å²) in [7, 11) is -2.02. The van der Waals surface area contributed by atoms with Crippen molar-refractivity contribution in [3.05, 3.63) is 58.9 Å². The van der Waals surface area contributed by atoms with Crippen LogP contribution in [0.4, 0.5) is 15.8 Å². The van der Waals surface area contributed by atoms with Gasteiger partial charge in [-0.3, -0.25) is 9.10 Å². The van der Waals surface area contributed by atoms with E-state index < -0.39 is 10.0 Å². The summed E-state index contributed by atoms with van der Waals surface area (Å²) in [4.78, 5) is 16.7. The Kier molecular flexibility index (Phi) is 5.81. The average molecular weight is 426 g/mol. The van der Waals surface area contributed by atoms with Gasteiger partial charge in [-0.25, -0.2) is 12.8 Å². The Morgan fingerprint density at radius 3 is 2.25 bits per heavy atom. The fourth-order valence-corrected chi connectivity index (χ4v) is 3.75. The van der Waals surface area contributed by atoms with E-state index in [0.717, 1.165) is 16.2 Å². The number of piperazine rings is 1. The predicted molar refractivity (Wildman–Crippen MR) is 109 cm³/mol. The van der Waals surface area contributed by atoms with E-state index in [9.17, 15) is 17.6 Å².